The quantitative estimate of drug-likeness (QED) is 0.424. The highest BCUT2D eigenvalue weighted by Crippen LogP contribution is 2.27. The number of benzene rings is 1. The van der Waals surface area contributed by atoms with Crippen molar-refractivity contribution in [2.24, 2.45) is 0 Å². The minimum Gasteiger partial charge on any atom is -0.240 e. The highest BCUT2D eigenvalue weighted by molar-refractivity contribution is 7.98. The number of halogens is 1. The molecule has 0 fully saturated rings. The Morgan fingerprint density at radius 1 is 1.12 bits per heavy atom. The monoisotopic (exact) mass is 403 g/mol. The Hall–Kier alpha value is -2.10. The fourth-order valence-corrected chi connectivity index (χ4v) is 4.77. The van der Waals surface area contributed by atoms with Gasteiger partial charge in [0.05, 0.1) is 12.2 Å². The van der Waals surface area contributed by atoms with Crippen molar-refractivity contribution in [1.29, 1.82) is 0 Å². The molecule has 0 saturated carbocycles. The second-order valence-corrected chi connectivity index (χ2v) is 8.29. The van der Waals surface area contributed by atoms with Crippen molar-refractivity contribution in [2.45, 2.75) is 23.9 Å². The molecule has 0 radical (unpaired) electrons. The van der Waals surface area contributed by atoms with Gasteiger partial charge in [-0.25, -0.2) is 14.1 Å². The van der Waals surface area contributed by atoms with Gasteiger partial charge in [-0.1, -0.05) is 17.8 Å². The van der Waals surface area contributed by atoms with Crippen LogP contribution >= 0.6 is 34.4 Å². The molecule has 3 aromatic heterocycles. The van der Waals surface area contributed by atoms with Gasteiger partial charge in [-0.15, -0.1) is 27.8 Å². The maximum atomic E-state index is 13.0. The summed E-state index contributed by atoms with van der Waals surface area (Å²) >= 11 is 4.87. The molecular weight excluding hydrogens is 389 g/mol. The Balaban J connectivity index is 1.37. The number of hydrogen-bond acceptors (Lipinski definition) is 7. The van der Waals surface area contributed by atoms with Crippen molar-refractivity contribution in [2.75, 3.05) is 0 Å². The topological polar surface area (TPSA) is 56.5 Å². The second-order valence-electron chi connectivity index (χ2n) is 5.45. The molecule has 0 aliphatic carbocycles. The van der Waals surface area contributed by atoms with E-state index in [0.29, 0.717) is 5.75 Å². The number of nitrogens with zero attached hydrogens (tertiary/aromatic N) is 5. The van der Waals surface area contributed by atoms with E-state index in [4.69, 9.17) is 0 Å². The van der Waals surface area contributed by atoms with E-state index >= 15 is 0 Å². The van der Waals surface area contributed by atoms with E-state index in [-0.39, 0.29) is 5.82 Å². The molecule has 0 N–H and O–H groups in total. The molecule has 0 aliphatic heterocycles. The number of tetrazole rings is 1. The molecular formula is C17H14FN5S3. The van der Waals surface area contributed by atoms with Crippen LogP contribution in [0, 0.1) is 5.82 Å². The number of rotatable bonds is 7. The lowest BCUT2D eigenvalue weighted by molar-refractivity contribution is 0.550. The molecule has 0 aliphatic rings. The first-order valence-corrected chi connectivity index (χ1v) is 10.6. The maximum Gasteiger partial charge on any atom is 0.209 e. The van der Waals surface area contributed by atoms with Crippen LogP contribution in [-0.2, 0) is 18.7 Å². The van der Waals surface area contributed by atoms with Crippen LogP contribution in [0.25, 0.3) is 10.6 Å². The molecule has 0 spiro atoms. The Morgan fingerprint density at radius 3 is 2.81 bits per heavy atom. The fraction of sp³-hybridized carbons (Fsp3) is 0.176. The van der Waals surface area contributed by atoms with Gasteiger partial charge >= 0.3 is 0 Å². The third kappa shape index (κ3) is 4.17. The van der Waals surface area contributed by atoms with E-state index in [2.05, 4.69) is 38.0 Å². The summed E-state index contributed by atoms with van der Waals surface area (Å²) in [6.45, 7) is 0.758. The first-order chi connectivity index (χ1) is 12.8. The van der Waals surface area contributed by atoms with E-state index in [0.717, 1.165) is 34.4 Å². The van der Waals surface area contributed by atoms with E-state index < -0.39 is 0 Å². The summed E-state index contributed by atoms with van der Waals surface area (Å²) in [5.41, 5.74) is 1.89. The van der Waals surface area contributed by atoms with Crippen molar-refractivity contribution in [1.82, 2.24) is 25.2 Å². The molecule has 3 heterocycles. The normalized spacial score (nSPS) is 11.1. The number of thiophene rings is 1. The molecule has 0 atom stereocenters. The van der Waals surface area contributed by atoms with Crippen LogP contribution in [0.3, 0.4) is 0 Å². The smallest absolute Gasteiger partial charge is 0.209 e. The van der Waals surface area contributed by atoms with Crippen LogP contribution in [0.4, 0.5) is 4.39 Å². The largest absolute Gasteiger partial charge is 0.240 e. The van der Waals surface area contributed by atoms with Crippen molar-refractivity contribution < 1.29 is 4.39 Å². The van der Waals surface area contributed by atoms with Crippen LogP contribution in [-0.4, -0.2) is 25.2 Å². The zero-order chi connectivity index (χ0) is 17.8. The lowest BCUT2D eigenvalue weighted by Gasteiger charge is -2.02. The highest BCUT2D eigenvalue weighted by atomic mass is 32.2. The lowest BCUT2D eigenvalue weighted by atomic mass is 10.2. The third-order valence-electron chi connectivity index (χ3n) is 3.64. The molecule has 9 heteroatoms. The number of hydrogen-bond donors (Lipinski definition) is 0. The zero-order valence-corrected chi connectivity index (χ0v) is 16.0. The van der Waals surface area contributed by atoms with Crippen LogP contribution in [0.2, 0.25) is 0 Å². The molecule has 1 aromatic carbocycles. The number of thioether (sulfide) groups is 1. The molecule has 132 valence electrons. The Labute approximate surface area is 161 Å². The van der Waals surface area contributed by atoms with Gasteiger partial charge < -0.3 is 0 Å². The third-order valence-corrected chi connectivity index (χ3v) is 6.51. The van der Waals surface area contributed by atoms with Gasteiger partial charge in [0.2, 0.25) is 5.16 Å². The summed E-state index contributed by atoms with van der Waals surface area (Å²) in [6.07, 6.45) is 0.918. The van der Waals surface area contributed by atoms with Crippen LogP contribution in [0.5, 0.6) is 0 Å². The molecule has 4 aromatic rings. The van der Waals surface area contributed by atoms with Gasteiger partial charge in [0.25, 0.3) is 0 Å². The van der Waals surface area contributed by atoms with Gasteiger partial charge in [0.15, 0.2) is 0 Å². The Morgan fingerprint density at radius 2 is 2.00 bits per heavy atom. The van der Waals surface area contributed by atoms with Gasteiger partial charge in [0.1, 0.15) is 10.8 Å². The summed E-state index contributed by atoms with van der Waals surface area (Å²) in [4.78, 5) is 5.94. The maximum absolute atomic E-state index is 13.0. The van der Waals surface area contributed by atoms with Crippen molar-refractivity contribution >= 4 is 34.4 Å². The van der Waals surface area contributed by atoms with Crippen LogP contribution in [0.15, 0.2) is 52.3 Å². The molecule has 0 saturated heterocycles. The van der Waals surface area contributed by atoms with E-state index in [1.54, 1.807) is 46.6 Å². The summed E-state index contributed by atoms with van der Waals surface area (Å²) in [5, 5.41) is 17.7. The van der Waals surface area contributed by atoms with Gasteiger partial charge in [-0.05, 0) is 46.1 Å². The molecule has 5 nitrogen and oxygen atoms in total. The highest BCUT2D eigenvalue weighted by Gasteiger charge is 2.10. The van der Waals surface area contributed by atoms with E-state index in [9.17, 15) is 4.39 Å². The SMILES string of the molecule is Fc1ccc(-c2nc(CSc3nnnn3CCc3cccs3)cs2)cc1. The second kappa shape index (κ2) is 8.07. The van der Waals surface area contributed by atoms with E-state index in [1.807, 2.05) is 10.1 Å². The summed E-state index contributed by atoms with van der Waals surface area (Å²) in [7, 11) is 0. The summed E-state index contributed by atoms with van der Waals surface area (Å²) in [5.74, 6) is 0.451. The number of aryl methyl sites for hydroxylation is 2. The fourth-order valence-electron chi connectivity index (χ4n) is 2.35. The Kier molecular flexibility index (Phi) is 5.37. The molecule has 0 bridgehead atoms. The van der Waals surface area contributed by atoms with E-state index in [1.165, 1.54) is 17.0 Å². The zero-order valence-electron chi connectivity index (χ0n) is 13.6. The molecule has 0 amide bonds. The minimum atomic E-state index is -0.240. The van der Waals surface area contributed by atoms with Crippen molar-refractivity contribution in [3.63, 3.8) is 0 Å². The molecule has 4 rings (SSSR count). The first kappa shape index (κ1) is 17.3. The van der Waals surface area contributed by atoms with Crippen molar-refractivity contribution in [3.05, 3.63) is 63.5 Å². The van der Waals surface area contributed by atoms with Gasteiger partial charge in [-0.3, -0.25) is 0 Å². The predicted molar refractivity (Wildman–Crippen MR) is 103 cm³/mol. The van der Waals surface area contributed by atoms with Crippen LogP contribution in [0.1, 0.15) is 10.6 Å². The number of aromatic nitrogens is 5. The minimum absolute atomic E-state index is 0.240. The van der Waals surface area contributed by atoms with Crippen molar-refractivity contribution in [3.8, 4) is 10.6 Å². The summed E-state index contributed by atoms with van der Waals surface area (Å²) in [6, 6.07) is 10.6. The molecule has 26 heavy (non-hydrogen) atoms. The summed E-state index contributed by atoms with van der Waals surface area (Å²) < 4.78 is 14.9. The molecule has 0 unspecified atom stereocenters. The standard InChI is InChI=1S/C17H14FN5S3/c18-13-5-3-12(4-6-13)16-19-14(10-25-16)11-26-17-20-21-22-23(17)8-7-15-2-1-9-24-15/h1-6,9-10H,7-8,11H2. The van der Waals surface area contributed by atoms with Crippen LogP contribution < -0.4 is 0 Å². The van der Waals surface area contributed by atoms with Gasteiger partial charge in [-0.2, -0.15) is 0 Å². The predicted octanol–water partition coefficient (Wildman–Crippen LogP) is 4.53. The number of thiazole rings is 1. The average Bonchev–Trinajstić information content (AvgIpc) is 3.40. The average molecular weight is 404 g/mol. The first-order valence-electron chi connectivity index (χ1n) is 7.89. The van der Waals surface area contributed by atoms with Gasteiger partial charge in [0, 0.05) is 28.0 Å². The lowest BCUT2D eigenvalue weighted by Crippen LogP contribution is -2.04. The Bertz CT molecular complexity index is 963.